The Morgan fingerprint density at radius 2 is 2.00 bits per heavy atom. The number of amides is 1. The van der Waals surface area contributed by atoms with Gasteiger partial charge in [-0.15, -0.1) is 11.3 Å². The van der Waals surface area contributed by atoms with Crippen LogP contribution in [-0.2, 0) is 9.53 Å². The smallest absolute Gasteiger partial charge is 0.307 e. The van der Waals surface area contributed by atoms with Crippen LogP contribution in [0.1, 0.15) is 23.8 Å². The van der Waals surface area contributed by atoms with Crippen molar-refractivity contribution in [3.8, 4) is 10.6 Å². The van der Waals surface area contributed by atoms with E-state index in [1.165, 1.54) is 18.4 Å². The maximum absolute atomic E-state index is 12.5. The van der Waals surface area contributed by atoms with Crippen LogP contribution in [0, 0.1) is 0 Å². The van der Waals surface area contributed by atoms with E-state index in [4.69, 9.17) is 11.6 Å². The summed E-state index contributed by atoms with van der Waals surface area (Å²) in [4.78, 5) is 29.7. The first-order valence-electron chi connectivity index (χ1n) is 7.12. The van der Waals surface area contributed by atoms with Gasteiger partial charge in [0.05, 0.1) is 13.5 Å². The molecular weight excluding hydrogens is 336 g/mol. The van der Waals surface area contributed by atoms with E-state index >= 15 is 0 Å². The third kappa shape index (κ3) is 4.53. The van der Waals surface area contributed by atoms with Crippen LogP contribution < -0.4 is 0 Å². The fourth-order valence-electron chi connectivity index (χ4n) is 1.99. The van der Waals surface area contributed by atoms with Gasteiger partial charge in [-0.1, -0.05) is 23.7 Å². The Hall–Kier alpha value is -1.92. The molecule has 2 rings (SSSR count). The number of ether oxygens (including phenoxy) is 1. The summed E-state index contributed by atoms with van der Waals surface area (Å²) in [6.07, 6.45) is 0.171. The molecule has 7 heteroatoms. The normalized spacial score (nSPS) is 10.4. The number of benzene rings is 1. The van der Waals surface area contributed by atoms with Crippen LogP contribution >= 0.6 is 22.9 Å². The summed E-state index contributed by atoms with van der Waals surface area (Å²) < 4.78 is 4.60. The van der Waals surface area contributed by atoms with Gasteiger partial charge in [0, 0.05) is 29.1 Å². The van der Waals surface area contributed by atoms with E-state index in [0.29, 0.717) is 23.8 Å². The lowest BCUT2D eigenvalue weighted by Crippen LogP contribution is -2.33. The van der Waals surface area contributed by atoms with Crippen molar-refractivity contribution in [2.75, 3.05) is 20.2 Å². The van der Waals surface area contributed by atoms with Crippen LogP contribution in [0.4, 0.5) is 0 Å². The lowest BCUT2D eigenvalue weighted by atomic mass is 10.2. The molecule has 0 unspecified atom stereocenters. The highest BCUT2D eigenvalue weighted by Crippen LogP contribution is 2.25. The molecule has 0 aliphatic rings. The molecule has 0 radical (unpaired) electrons. The monoisotopic (exact) mass is 352 g/mol. The second-order valence-corrected chi connectivity index (χ2v) is 6.05. The summed E-state index contributed by atoms with van der Waals surface area (Å²) >= 11 is 7.27. The third-order valence-corrected chi connectivity index (χ3v) is 4.44. The van der Waals surface area contributed by atoms with Crippen molar-refractivity contribution in [2.24, 2.45) is 0 Å². The number of thiazole rings is 1. The zero-order valence-corrected chi connectivity index (χ0v) is 14.5. The molecule has 1 heterocycles. The first-order valence-corrected chi connectivity index (χ1v) is 8.38. The van der Waals surface area contributed by atoms with Gasteiger partial charge in [0.15, 0.2) is 0 Å². The van der Waals surface area contributed by atoms with E-state index in [-0.39, 0.29) is 18.3 Å². The minimum Gasteiger partial charge on any atom is -0.469 e. The molecule has 1 amide bonds. The van der Waals surface area contributed by atoms with Crippen molar-refractivity contribution in [2.45, 2.75) is 13.3 Å². The lowest BCUT2D eigenvalue weighted by molar-refractivity contribution is -0.140. The van der Waals surface area contributed by atoms with Gasteiger partial charge < -0.3 is 9.64 Å². The van der Waals surface area contributed by atoms with E-state index in [9.17, 15) is 9.59 Å². The molecule has 0 aliphatic heterocycles. The summed E-state index contributed by atoms with van der Waals surface area (Å²) in [5, 5.41) is 3.14. The summed E-state index contributed by atoms with van der Waals surface area (Å²) in [5.41, 5.74) is 1.29. The fraction of sp³-hybridized carbons (Fsp3) is 0.312. The molecule has 1 aromatic carbocycles. The number of methoxy groups -OCH3 is 1. The highest BCUT2D eigenvalue weighted by Gasteiger charge is 2.19. The maximum atomic E-state index is 12.5. The standard InChI is InChI=1S/C16H17ClN2O3S/c1-3-19(9-8-14(20)22-2)16(21)13-10-23-15(18-13)11-4-6-12(17)7-5-11/h4-7,10H,3,8-9H2,1-2H3. The number of esters is 1. The molecule has 0 atom stereocenters. The molecule has 5 nitrogen and oxygen atoms in total. The molecule has 0 aliphatic carbocycles. The van der Waals surface area contributed by atoms with Crippen molar-refractivity contribution in [3.05, 3.63) is 40.4 Å². The Balaban J connectivity index is 2.10. The van der Waals surface area contributed by atoms with Gasteiger partial charge in [-0.05, 0) is 19.1 Å². The first-order chi connectivity index (χ1) is 11.0. The van der Waals surface area contributed by atoms with Gasteiger partial charge in [-0.2, -0.15) is 0 Å². The van der Waals surface area contributed by atoms with E-state index in [1.54, 1.807) is 22.4 Å². The van der Waals surface area contributed by atoms with Crippen molar-refractivity contribution in [3.63, 3.8) is 0 Å². The molecule has 0 saturated heterocycles. The number of hydrogen-bond donors (Lipinski definition) is 0. The van der Waals surface area contributed by atoms with Crippen LogP contribution in [0.2, 0.25) is 5.02 Å². The molecule has 0 N–H and O–H groups in total. The average molecular weight is 353 g/mol. The van der Waals surface area contributed by atoms with Crippen LogP contribution in [0.5, 0.6) is 0 Å². The summed E-state index contributed by atoms with van der Waals surface area (Å²) in [6, 6.07) is 7.30. The van der Waals surface area contributed by atoms with Gasteiger partial charge in [-0.25, -0.2) is 4.98 Å². The fourth-order valence-corrected chi connectivity index (χ4v) is 2.92. The quantitative estimate of drug-likeness (QED) is 0.747. The minimum atomic E-state index is -0.337. The van der Waals surface area contributed by atoms with Gasteiger partial charge in [0.2, 0.25) is 0 Å². The summed E-state index contributed by atoms with van der Waals surface area (Å²) in [5.74, 6) is -0.524. The predicted octanol–water partition coefficient (Wildman–Crippen LogP) is 3.49. The van der Waals surface area contributed by atoms with Gasteiger partial charge in [0.25, 0.3) is 5.91 Å². The Bertz CT molecular complexity index is 685. The second-order valence-electron chi connectivity index (χ2n) is 4.76. The molecule has 122 valence electrons. The molecule has 0 saturated carbocycles. The first kappa shape index (κ1) is 17.4. The Morgan fingerprint density at radius 1 is 1.30 bits per heavy atom. The van der Waals surface area contributed by atoms with Crippen LogP contribution in [0.3, 0.4) is 0 Å². The van der Waals surface area contributed by atoms with Crippen molar-refractivity contribution >= 4 is 34.8 Å². The molecule has 0 bridgehead atoms. The molecule has 23 heavy (non-hydrogen) atoms. The van der Waals surface area contributed by atoms with Crippen molar-refractivity contribution < 1.29 is 14.3 Å². The third-order valence-electron chi connectivity index (χ3n) is 3.30. The second kappa shape index (κ2) is 8.08. The Labute approximate surface area is 143 Å². The number of nitrogens with zero attached hydrogens (tertiary/aromatic N) is 2. The van der Waals surface area contributed by atoms with E-state index < -0.39 is 0 Å². The lowest BCUT2D eigenvalue weighted by Gasteiger charge is -2.18. The number of carbonyl (C=O) groups is 2. The van der Waals surface area contributed by atoms with Crippen LogP contribution in [0.25, 0.3) is 10.6 Å². The Morgan fingerprint density at radius 3 is 2.61 bits per heavy atom. The van der Waals surface area contributed by atoms with E-state index in [1.807, 2.05) is 19.1 Å². The van der Waals surface area contributed by atoms with Gasteiger partial charge >= 0.3 is 5.97 Å². The molecular formula is C16H17ClN2O3S. The molecule has 0 spiro atoms. The average Bonchev–Trinajstić information content (AvgIpc) is 3.05. The molecule has 2 aromatic rings. The van der Waals surface area contributed by atoms with Crippen molar-refractivity contribution in [1.82, 2.24) is 9.88 Å². The SMILES string of the molecule is CCN(CCC(=O)OC)C(=O)c1csc(-c2ccc(Cl)cc2)n1. The number of halogens is 1. The summed E-state index contributed by atoms with van der Waals surface area (Å²) in [6.45, 7) is 2.68. The van der Waals surface area contributed by atoms with E-state index in [0.717, 1.165) is 10.6 Å². The van der Waals surface area contributed by atoms with Gasteiger partial charge in [-0.3, -0.25) is 9.59 Å². The predicted molar refractivity (Wildman–Crippen MR) is 90.8 cm³/mol. The molecule has 0 fully saturated rings. The van der Waals surface area contributed by atoms with E-state index in [2.05, 4.69) is 9.72 Å². The minimum absolute atomic E-state index is 0.171. The summed E-state index contributed by atoms with van der Waals surface area (Å²) in [7, 11) is 1.33. The zero-order chi connectivity index (χ0) is 16.8. The van der Waals surface area contributed by atoms with Crippen LogP contribution in [0.15, 0.2) is 29.6 Å². The van der Waals surface area contributed by atoms with Crippen molar-refractivity contribution in [1.29, 1.82) is 0 Å². The number of hydrogen-bond acceptors (Lipinski definition) is 5. The largest absolute Gasteiger partial charge is 0.469 e. The van der Waals surface area contributed by atoms with Crippen LogP contribution in [-0.4, -0.2) is 42.0 Å². The molecule has 1 aromatic heterocycles. The van der Waals surface area contributed by atoms with Gasteiger partial charge in [0.1, 0.15) is 10.7 Å². The number of carbonyl (C=O) groups excluding carboxylic acids is 2. The number of rotatable bonds is 6. The Kier molecular flexibility index (Phi) is 6.12. The number of aromatic nitrogens is 1. The maximum Gasteiger partial charge on any atom is 0.307 e. The highest BCUT2D eigenvalue weighted by molar-refractivity contribution is 7.13. The topological polar surface area (TPSA) is 59.5 Å². The zero-order valence-electron chi connectivity index (χ0n) is 12.9. The highest BCUT2D eigenvalue weighted by atomic mass is 35.5.